The summed E-state index contributed by atoms with van der Waals surface area (Å²) in [6.07, 6.45) is 4.86. The number of nitrogens with zero attached hydrogens (tertiary/aromatic N) is 9. The first-order valence-corrected chi connectivity index (χ1v) is 9.50. The second-order valence-corrected chi connectivity index (χ2v) is 6.46. The predicted molar refractivity (Wildman–Crippen MR) is 114 cm³/mol. The molecule has 0 unspecified atom stereocenters. The number of aromatic nitrogens is 9. The lowest BCUT2D eigenvalue weighted by Crippen LogP contribution is -2.13. The highest BCUT2D eigenvalue weighted by Gasteiger charge is 2.14. The molecule has 0 bridgehead atoms. The van der Waals surface area contributed by atoms with Crippen molar-refractivity contribution in [2.24, 2.45) is 0 Å². The van der Waals surface area contributed by atoms with Crippen molar-refractivity contribution in [3.8, 4) is 11.4 Å². The number of hydrogen-bond donors (Lipinski definition) is 2. The monoisotopic (exact) mass is 444 g/mol. The van der Waals surface area contributed by atoms with Crippen LogP contribution in [0.15, 0.2) is 67.3 Å². The molecule has 5 rings (SSSR count). The quantitative estimate of drug-likeness (QED) is 0.376. The number of carbonyl (C=O) groups is 2. The first-order chi connectivity index (χ1) is 16.2. The van der Waals surface area contributed by atoms with Crippen LogP contribution in [0.2, 0.25) is 0 Å². The van der Waals surface area contributed by atoms with Gasteiger partial charge in [0.15, 0.2) is 0 Å². The Balaban J connectivity index is 0.000000821. The summed E-state index contributed by atoms with van der Waals surface area (Å²) in [5, 5.41) is 25.0. The highest BCUT2D eigenvalue weighted by atomic mass is 16.3. The van der Waals surface area contributed by atoms with Crippen LogP contribution < -0.4 is 5.32 Å². The Morgan fingerprint density at radius 3 is 2.58 bits per heavy atom. The molecule has 33 heavy (non-hydrogen) atoms. The van der Waals surface area contributed by atoms with Crippen molar-refractivity contribution in [3.63, 3.8) is 0 Å². The van der Waals surface area contributed by atoms with Crippen molar-refractivity contribution in [3.05, 3.63) is 78.4 Å². The Morgan fingerprint density at radius 2 is 1.88 bits per heavy atom. The maximum atomic E-state index is 12.6. The topological polar surface area (TPSA) is 166 Å². The summed E-state index contributed by atoms with van der Waals surface area (Å²) in [5.74, 6) is 0.207. The average Bonchev–Trinajstić information content (AvgIpc) is 3.50. The van der Waals surface area contributed by atoms with Crippen molar-refractivity contribution < 1.29 is 14.7 Å². The number of benzene rings is 1. The minimum absolute atomic E-state index is 0.161. The summed E-state index contributed by atoms with van der Waals surface area (Å²) in [5.41, 5.74) is 2.90. The predicted octanol–water partition coefficient (Wildman–Crippen LogP) is 1.17. The summed E-state index contributed by atoms with van der Waals surface area (Å²) in [4.78, 5) is 33.8. The standard InChI is InChI=1S/C19H14N10O.CH2O2/c30-17(14-6-4-13(5-7-14)11-28-12-22-26-27-28)23-18-24-19-21-10-8-16(29(19)25-18)15-3-1-2-9-20-15;2-1-3/h1-10,12H,11H2,(H,23,25,30);1H,(H,2,3). The van der Waals surface area contributed by atoms with Gasteiger partial charge in [0.25, 0.3) is 24.1 Å². The zero-order valence-corrected chi connectivity index (χ0v) is 16.9. The third-order valence-corrected chi connectivity index (χ3v) is 4.35. The van der Waals surface area contributed by atoms with E-state index in [0.29, 0.717) is 17.9 Å². The Kier molecular flexibility index (Phi) is 6.30. The molecule has 4 aromatic heterocycles. The van der Waals surface area contributed by atoms with Crippen LogP contribution in [-0.2, 0) is 11.3 Å². The molecule has 1 aromatic carbocycles. The average molecular weight is 444 g/mol. The third kappa shape index (κ3) is 4.99. The SMILES string of the molecule is O=C(Nc1nc2nccc(-c3ccccn3)n2n1)c1ccc(Cn2cnnn2)cc1.O=CO. The van der Waals surface area contributed by atoms with Gasteiger partial charge in [-0.15, -0.1) is 10.2 Å². The molecular weight excluding hydrogens is 428 g/mol. The second kappa shape index (κ2) is 9.82. The molecule has 0 radical (unpaired) electrons. The number of rotatable bonds is 5. The van der Waals surface area contributed by atoms with Gasteiger partial charge in [0, 0.05) is 18.0 Å². The molecule has 0 aliphatic carbocycles. The minimum Gasteiger partial charge on any atom is -0.483 e. The summed E-state index contributed by atoms with van der Waals surface area (Å²) in [6, 6.07) is 14.5. The van der Waals surface area contributed by atoms with E-state index in [1.165, 1.54) is 6.33 Å². The van der Waals surface area contributed by atoms with Crippen LogP contribution in [0.5, 0.6) is 0 Å². The molecule has 0 saturated heterocycles. The molecule has 0 aliphatic heterocycles. The van der Waals surface area contributed by atoms with Crippen LogP contribution in [-0.4, -0.2) is 62.3 Å². The number of carbonyl (C=O) groups excluding carboxylic acids is 1. The molecule has 0 aliphatic rings. The Bertz CT molecular complexity index is 1350. The van der Waals surface area contributed by atoms with Crippen molar-refractivity contribution in [2.45, 2.75) is 6.54 Å². The minimum atomic E-state index is -0.320. The van der Waals surface area contributed by atoms with E-state index in [4.69, 9.17) is 9.90 Å². The van der Waals surface area contributed by atoms with E-state index in [-0.39, 0.29) is 18.3 Å². The van der Waals surface area contributed by atoms with Crippen molar-refractivity contribution in [1.82, 2.24) is 44.8 Å². The summed E-state index contributed by atoms with van der Waals surface area (Å²) < 4.78 is 3.15. The summed E-state index contributed by atoms with van der Waals surface area (Å²) >= 11 is 0. The van der Waals surface area contributed by atoms with Crippen LogP contribution >= 0.6 is 0 Å². The normalized spacial score (nSPS) is 10.3. The molecular formula is C20H16N10O3. The van der Waals surface area contributed by atoms with E-state index >= 15 is 0 Å². The van der Waals surface area contributed by atoms with E-state index < -0.39 is 0 Å². The number of fused-ring (bicyclic) bond motifs is 1. The van der Waals surface area contributed by atoms with Gasteiger partial charge in [-0.2, -0.15) is 9.50 Å². The lowest BCUT2D eigenvalue weighted by atomic mass is 10.1. The molecule has 0 saturated carbocycles. The largest absolute Gasteiger partial charge is 0.483 e. The van der Waals surface area contributed by atoms with Gasteiger partial charge in [-0.1, -0.05) is 18.2 Å². The molecule has 4 heterocycles. The maximum Gasteiger partial charge on any atom is 0.290 e. The molecule has 1 amide bonds. The van der Waals surface area contributed by atoms with Gasteiger partial charge in [0.1, 0.15) is 6.33 Å². The Labute approximate surface area is 185 Å². The molecule has 13 heteroatoms. The van der Waals surface area contributed by atoms with E-state index in [2.05, 4.69) is 40.9 Å². The molecule has 164 valence electrons. The zero-order chi connectivity index (χ0) is 23.0. The lowest BCUT2D eigenvalue weighted by molar-refractivity contribution is -0.122. The van der Waals surface area contributed by atoms with Gasteiger partial charge in [-0.05, 0) is 46.3 Å². The van der Waals surface area contributed by atoms with E-state index in [1.807, 2.05) is 30.3 Å². The molecule has 13 nitrogen and oxygen atoms in total. The molecule has 0 atom stereocenters. The summed E-state index contributed by atoms with van der Waals surface area (Å²) in [6.45, 7) is 0.269. The number of hydrogen-bond acceptors (Lipinski definition) is 9. The van der Waals surface area contributed by atoms with Crippen molar-refractivity contribution in [2.75, 3.05) is 5.32 Å². The maximum absolute atomic E-state index is 12.6. The molecule has 2 N–H and O–H groups in total. The third-order valence-electron chi connectivity index (χ3n) is 4.35. The molecule has 0 spiro atoms. The second-order valence-electron chi connectivity index (χ2n) is 6.46. The molecule has 0 fully saturated rings. The fourth-order valence-corrected chi connectivity index (χ4v) is 2.93. The van der Waals surface area contributed by atoms with Crippen LogP contribution in [0, 0.1) is 0 Å². The fraction of sp³-hybridized carbons (Fsp3) is 0.0500. The number of pyridine rings is 1. The van der Waals surface area contributed by atoms with Crippen LogP contribution in [0.3, 0.4) is 0 Å². The van der Waals surface area contributed by atoms with E-state index in [9.17, 15) is 4.79 Å². The summed E-state index contributed by atoms with van der Waals surface area (Å²) in [7, 11) is 0. The van der Waals surface area contributed by atoms with Crippen LogP contribution in [0.25, 0.3) is 17.2 Å². The van der Waals surface area contributed by atoms with Crippen LogP contribution in [0.4, 0.5) is 5.95 Å². The van der Waals surface area contributed by atoms with E-state index in [1.54, 1.807) is 39.8 Å². The number of tetrazole rings is 1. The smallest absolute Gasteiger partial charge is 0.290 e. The number of amides is 1. The van der Waals surface area contributed by atoms with Crippen molar-refractivity contribution >= 4 is 24.1 Å². The number of nitrogens with one attached hydrogen (secondary N) is 1. The first kappa shape index (κ1) is 21.2. The zero-order valence-electron chi connectivity index (χ0n) is 16.9. The number of anilines is 1. The fourth-order valence-electron chi connectivity index (χ4n) is 2.93. The number of carboxylic acid groups (broad SMARTS) is 1. The van der Waals surface area contributed by atoms with Gasteiger partial charge in [0.2, 0.25) is 0 Å². The van der Waals surface area contributed by atoms with E-state index in [0.717, 1.165) is 17.0 Å². The van der Waals surface area contributed by atoms with Crippen molar-refractivity contribution in [1.29, 1.82) is 0 Å². The highest BCUT2D eigenvalue weighted by Crippen LogP contribution is 2.17. The van der Waals surface area contributed by atoms with Gasteiger partial charge < -0.3 is 5.11 Å². The molecule has 5 aromatic rings. The lowest BCUT2D eigenvalue weighted by Gasteiger charge is -2.04. The van der Waals surface area contributed by atoms with Gasteiger partial charge in [-0.3, -0.25) is 19.9 Å². The Hall–Kier alpha value is -5.07. The van der Waals surface area contributed by atoms with Crippen LogP contribution in [0.1, 0.15) is 15.9 Å². The van der Waals surface area contributed by atoms with Gasteiger partial charge in [-0.25, -0.2) is 9.67 Å². The van der Waals surface area contributed by atoms with Gasteiger partial charge in [0.05, 0.1) is 17.9 Å². The Morgan fingerprint density at radius 1 is 1.06 bits per heavy atom. The first-order valence-electron chi connectivity index (χ1n) is 9.50. The highest BCUT2D eigenvalue weighted by molar-refractivity contribution is 6.03. The van der Waals surface area contributed by atoms with Gasteiger partial charge >= 0.3 is 0 Å².